The highest BCUT2D eigenvalue weighted by atomic mass is 35.5. The third-order valence-electron chi connectivity index (χ3n) is 1.50. The maximum absolute atomic E-state index is 10.9. The van der Waals surface area contributed by atoms with E-state index in [1.807, 2.05) is 0 Å². The number of esters is 1. The van der Waals surface area contributed by atoms with Crippen LogP contribution in [0.4, 0.5) is 5.88 Å². The number of nitrogens with zero attached hydrogens (tertiary/aromatic N) is 1. The minimum atomic E-state index is -0.663. The molecule has 7 heteroatoms. The Kier molecular flexibility index (Phi) is 4.11. The summed E-state index contributed by atoms with van der Waals surface area (Å²) >= 11 is 5.31. The number of hydrogen-bond acceptors (Lipinski definition) is 5. The van der Waals surface area contributed by atoms with Gasteiger partial charge in [0, 0.05) is 5.88 Å². The van der Waals surface area contributed by atoms with Gasteiger partial charge in [0.2, 0.25) is 0 Å². The third kappa shape index (κ3) is 3.59. The van der Waals surface area contributed by atoms with Crippen LogP contribution in [0.15, 0.2) is 16.5 Å². The molecule has 0 bridgehead atoms. The molecule has 15 heavy (non-hydrogen) atoms. The Labute approximate surface area is 89.9 Å². The van der Waals surface area contributed by atoms with Crippen LogP contribution in [-0.2, 0) is 16.1 Å². The molecule has 0 unspecified atom stereocenters. The molecule has 0 aliphatic carbocycles. The van der Waals surface area contributed by atoms with Gasteiger partial charge < -0.3 is 9.15 Å². The second kappa shape index (κ2) is 5.35. The summed E-state index contributed by atoms with van der Waals surface area (Å²) in [6.07, 6.45) is 0.102. The van der Waals surface area contributed by atoms with Gasteiger partial charge in [-0.1, -0.05) is 0 Å². The summed E-state index contributed by atoms with van der Waals surface area (Å²) in [4.78, 5) is 20.5. The van der Waals surface area contributed by atoms with Crippen molar-refractivity contribution in [3.05, 3.63) is 28.0 Å². The molecule has 6 nitrogen and oxygen atoms in total. The molecule has 0 saturated heterocycles. The second-order valence-corrected chi connectivity index (χ2v) is 2.97. The second-order valence-electron chi connectivity index (χ2n) is 2.60. The average molecular weight is 234 g/mol. The summed E-state index contributed by atoms with van der Waals surface area (Å²) in [5, 5.41) is 10.2. The van der Waals surface area contributed by atoms with Crippen LogP contribution in [0.5, 0.6) is 0 Å². The number of ether oxygens (including phenoxy) is 1. The van der Waals surface area contributed by atoms with E-state index in [0.29, 0.717) is 0 Å². The molecule has 0 aliphatic rings. The molecule has 0 spiro atoms. The van der Waals surface area contributed by atoms with Gasteiger partial charge in [-0.25, -0.2) is 0 Å². The minimum Gasteiger partial charge on any atom is -0.457 e. The van der Waals surface area contributed by atoms with Crippen LogP contribution in [0.3, 0.4) is 0 Å². The highest BCUT2D eigenvalue weighted by Gasteiger charge is 2.12. The number of nitro groups is 1. The van der Waals surface area contributed by atoms with E-state index in [1.54, 1.807) is 0 Å². The minimum absolute atomic E-state index is 0.102. The van der Waals surface area contributed by atoms with E-state index >= 15 is 0 Å². The molecule has 0 aromatic carbocycles. The lowest BCUT2D eigenvalue weighted by atomic mass is 10.4. The Balaban J connectivity index is 2.44. The number of rotatable bonds is 5. The van der Waals surface area contributed by atoms with E-state index in [1.165, 1.54) is 12.1 Å². The fraction of sp³-hybridized carbons (Fsp3) is 0.375. The molecule has 0 fully saturated rings. The number of furan rings is 1. The molecule has 1 aromatic heterocycles. The van der Waals surface area contributed by atoms with Gasteiger partial charge in [-0.3, -0.25) is 14.9 Å². The van der Waals surface area contributed by atoms with E-state index in [9.17, 15) is 14.9 Å². The van der Waals surface area contributed by atoms with E-state index in [4.69, 9.17) is 20.8 Å². The Morgan fingerprint density at radius 2 is 2.33 bits per heavy atom. The van der Waals surface area contributed by atoms with E-state index in [2.05, 4.69) is 0 Å². The summed E-state index contributed by atoms with van der Waals surface area (Å²) in [6.45, 7) is -0.121. The van der Waals surface area contributed by atoms with Crippen molar-refractivity contribution in [2.24, 2.45) is 0 Å². The number of carbonyl (C=O) groups is 1. The van der Waals surface area contributed by atoms with Crippen molar-refractivity contribution >= 4 is 23.5 Å². The number of alkyl halides is 1. The summed E-state index contributed by atoms with van der Waals surface area (Å²) in [5.41, 5.74) is 0. The summed E-state index contributed by atoms with van der Waals surface area (Å²) in [7, 11) is 0. The smallest absolute Gasteiger partial charge is 0.433 e. The largest absolute Gasteiger partial charge is 0.457 e. The van der Waals surface area contributed by atoms with Gasteiger partial charge in [0.1, 0.15) is 17.3 Å². The average Bonchev–Trinajstić information content (AvgIpc) is 2.63. The normalized spacial score (nSPS) is 9.93. The van der Waals surface area contributed by atoms with Crippen molar-refractivity contribution in [2.45, 2.75) is 13.0 Å². The predicted octanol–water partition coefficient (Wildman–Crippen LogP) is 1.86. The van der Waals surface area contributed by atoms with E-state index < -0.39 is 10.9 Å². The molecule has 0 atom stereocenters. The van der Waals surface area contributed by atoms with Gasteiger partial charge in [0.05, 0.1) is 12.5 Å². The van der Waals surface area contributed by atoms with Gasteiger partial charge in [0.25, 0.3) is 0 Å². The predicted molar refractivity (Wildman–Crippen MR) is 50.5 cm³/mol. The van der Waals surface area contributed by atoms with Crippen LogP contribution in [0.25, 0.3) is 0 Å². The zero-order valence-corrected chi connectivity index (χ0v) is 8.40. The molecule has 0 N–H and O–H groups in total. The number of carbonyl (C=O) groups excluding carboxylic acids is 1. The number of halogens is 1. The van der Waals surface area contributed by atoms with E-state index in [-0.39, 0.29) is 30.6 Å². The maximum atomic E-state index is 10.9. The first-order valence-electron chi connectivity index (χ1n) is 4.08. The van der Waals surface area contributed by atoms with Crippen LogP contribution < -0.4 is 0 Å². The standard InChI is InChI=1S/C8H8ClNO5/c9-4-3-8(11)14-5-6-1-2-7(15-6)10(12)13/h1-2H,3-5H2. The van der Waals surface area contributed by atoms with Crippen molar-refractivity contribution < 1.29 is 18.9 Å². The molecule has 1 rings (SSSR count). The molecule has 0 amide bonds. The summed E-state index contributed by atoms with van der Waals surface area (Å²) < 4.78 is 9.49. The first-order valence-corrected chi connectivity index (χ1v) is 4.61. The van der Waals surface area contributed by atoms with E-state index in [0.717, 1.165) is 0 Å². The third-order valence-corrected chi connectivity index (χ3v) is 1.69. The quantitative estimate of drug-likeness (QED) is 0.335. The zero-order chi connectivity index (χ0) is 11.3. The van der Waals surface area contributed by atoms with Crippen LogP contribution in [0, 0.1) is 10.1 Å². The van der Waals surface area contributed by atoms with Gasteiger partial charge >= 0.3 is 11.9 Å². The Morgan fingerprint density at radius 3 is 2.87 bits per heavy atom. The fourth-order valence-corrected chi connectivity index (χ4v) is 0.998. The van der Waals surface area contributed by atoms with Crippen LogP contribution in [-0.4, -0.2) is 16.8 Å². The highest BCUT2D eigenvalue weighted by molar-refractivity contribution is 6.18. The molecular weight excluding hydrogens is 226 g/mol. The molecule has 0 saturated carbocycles. The van der Waals surface area contributed by atoms with Crippen LogP contribution in [0.2, 0.25) is 0 Å². The lowest BCUT2D eigenvalue weighted by molar-refractivity contribution is -0.402. The van der Waals surface area contributed by atoms with Crippen molar-refractivity contribution in [3.8, 4) is 0 Å². The zero-order valence-electron chi connectivity index (χ0n) is 7.64. The van der Waals surface area contributed by atoms with Gasteiger partial charge in [-0.15, -0.1) is 11.6 Å². The van der Waals surface area contributed by atoms with Gasteiger partial charge in [0.15, 0.2) is 0 Å². The lowest BCUT2D eigenvalue weighted by Gasteiger charge is -1.99. The summed E-state index contributed by atoms with van der Waals surface area (Å²) in [5.74, 6) is -0.441. The Bertz CT molecular complexity index is 362. The SMILES string of the molecule is O=C(CCCl)OCc1ccc([N+](=O)[O-])o1. The molecular formula is C8H8ClNO5. The molecule has 82 valence electrons. The summed E-state index contributed by atoms with van der Waals surface area (Å²) in [6, 6.07) is 2.58. The maximum Gasteiger partial charge on any atom is 0.433 e. The van der Waals surface area contributed by atoms with Crippen LogP contribution >= 0.6 is 11.6 Å². The Morgan fingerprint density at radius 1 is 1.60 bits per heavy atom. The Hall–Kier alpha value is -1.56. The first-order chi connectivity index (χ1) is 7.13. The van der Waals surface area contributed by atoms with Gasteiger partial charge in [-0.2, -0.15) is 0 Å². The molecule has 0 aliphatic heterocycles. The van der Waals surface area contributed by atoms with Crippen molar-refractivity contribution in [3.63, 3.8) is 0 Å². The van der Waals surface area contributed by atoms with Gasteiger partial charge in [-0.05, 0) is 6.07 Å². The van der Waals surface area contributed by atoms with Crippen molar-refractivity contribution in [1.82, 2.24) is 0 Å². The van der Waals surface area contributed by atoms with Crippen LogP contribution in [0.1, 0.15) is 12.2 Å². The highest BCUT2D eigenvalue weighted by Crippen LogP contribution is 2.16. The van der Waals surface area contributed by atoms with Crippen molar-refractivity contribution in [1.29, 1.82) is 0 Å². The topological polar surface area (TPSA) is 82.6 Å². The monoisotopic (exact) mass is 233 g/mol. The van der Waals surface area contributed by atoms with Crippen molar-refractivity contribution in [2.75, 3.05) is 5.88 Å². The molecule has 1 aromatic rings. The first kappa shape index (κ1) is 11.5. The number of hydrogen-bond donors (Lipinski definition) is 0. The molecule has 0 radical (unpaired) electrons. The lowest BCUT2D eigenvalue weighted by Crippen LogP contribution is -2.04. The fourth-order valence-electron chi connectivity index (χ4n) is 0.843. The molecule has 1 heterocycles.